The highest BCUT2D eigenvalue weighted by molar-refractivity contribution is 7.16. The fraction of sp³-hybridized carbons (Fsp3) is 0.267. The van der Waals surface area contributed by atoms with Crippen LogP contribution in [-0.2, 0) is 6.54 Å². The van der Waals surface area contributed by atoms with Gasteiger partial charge in [-0.3, -0.25) is 0 Å². The lowest BCUT2D eigenvalue weighted by atomic mass is 10.1. The van der Waals surface area contributed by atoms with E-state index in [9.17, 15) is 4.79 Å². The van der Waals surface area contributed by atoms with Crippen molar-refractivity contribution >= 4 is 29.0 Å². The Morgan fingerprint density at radius 2 is 2.00 bits per heavy atom. The summed E-state index contributed by atoms with van der Waals surface area (Å²) in [6, 6.07) is 13.6. The highest BCUT2D eigenvalue weighted by Gasteiger charge is 2.14. The van der Waals surface area contributed by atoms with Gasteiger partial charge in [0, 0.05) is 11.9 Å². The molecule has 2 rings (SSSR count). The molecule has 106 valence electrons. The number of hydrogen-bond donors (Lipinski definition) is 1. The quantitative estimate of drug-likeness (QED) is 0.897. The lowest BCUT2D eigenvalue weighted by molar-refractivity contribution is 0.204. The van der Waals surface area contributed by atoms with Crippen LogP contribution in [0.2, 0.25) is 4.34 Å². The first kappa shape index (κ1) is 14.9. The fourth-order valence-electron chi connectivity index (χ4n) is 1.86. The molecule has 3 nitrogen and oxygen atoms in total. The second-order valence-electron chi connectivity index (χ2n) is 4.64. The van der Waals surface area contributed by atoms with Gasteiger partial charge in [0.15, 0.2) is 0 Å². The van der Waals surface area contributed by atoms with Crippen LogP contribution in [0.5, 0.6) is 0 Å². The first-order chi connectivity index (χ1) is 9.56. The van der Waals surface area contributed by atoms with Gasteiger partial charge >= 0.3 is 6.03 Å². The molecule has 0 aliphatic carbocycles. The highest BCUT2D eigenvalue weighted by Crippen LogP contribution is 2.22. The van der Waals surface area contributed by atoms with Crippen LogP contribution in [-0.4, -0.2) is 18.0 Å². The SMILES string of the molecule is CC(NC(=O)N(C)Cc1ccc(Cl)s1)c1ccccc1. The number of carbonyl (C=O) groups excluding carboxylic acids is 1. The third-order valence-corrected chi connectivity index (χ3v) is 4.22. The normalized spacial score (nSPS) is 11.9. The number of nitrogens with one attached hydrogen (secondary N) is 1. The first-order valence-electron chi connectivity index (χ1n) is 6.37. The summed E-state index contributed by atoms with van der Waals surface area (Å²) in [4.78, 5) is 14.8. The van der Waals surface area contributed by atoms with Crippen molar-refractivity contribution < 1.29 is 4.79 Å². The third kappa shape index (κ3) is 3.99. The lowest BCUT2D eigenvalue weighted by Gasteiger charge is -2.21. The maximum atomic E-state index is 12.1. The van der Waals surface area contributed by atoms with Gasteiger partial charge in [0.05, 0.1) is 16.9 Å². The van der Waals surface area contributed by atoms with Crippen molar-refractivity contribution in [2.24, 2.45) is 0 Å². The van der Waals surface area contributed by atoms with Gasteiger partial charge in [-0.05, 0) is 24.6 Å². The molecule has 0 aliphatic heterocycles. The highest BCUT2D eigenvalue weighted by atomic mass is 35.5. The predicted molar refractivity (Wildman–Crippen MR) is 84.2 cm³/mol. The van der Waals surface area contributed by atoms with Crippen LogP contribution in [0.3, 0.4) is 0 Å². The van der Waals surface area contributed by atoms with Gasteiger partial charge < -0.3 is 10.2 Å². The molecule has 1 aromatic carbocycles. The van der Waals surface area contributed by atoms with Crippen molar-refractivity contribution in [3.63, 3.8) is 0 Å². The number of urea groups is 1. The zero-order valence-electron chi connectivity index (χ0n) is 11.5. The van der Waals surface area contributed by atoms with Crippen molar-refractivity contribution in [1.82, 2.24) is 10.2 Å². The Hall–Kier alpha value is -1.52. The minimum Gasteiger partial charge on any atom is -0.331 e. The number of thiophene rings is 1. The second kappa shape index (κ2) is 6.77. The van der Waals surface area contributed by atoms with Crippen LogP contribution in [0.4, 0.5) is 4.79 Å². The monoisotopic (exact) mass is 308 g/mol. The molecule has 0 bridgehead atoms. The van der Waals surface area contributed by atoms with E-state index in [0.29, 0.717) is 6.54 Å². The van der Waals surface area contributed by atoms with Crippen LogP contribution in [0.1, 0.15) is 23.4 Å². The van der Waals surface area contributed by atoms with Crippen molar-refractivity contribution in [1.29, 1.82) is 0 Å². The van der Waals surface area contributed by atoms with Gasteiger partial charge in [0.1, 0.15) is 0 Å². The Labute approximate surface area is 128 Å². The van der Waals surface area contributed by atoms with E-state index in [4.69, 9.17) is 11.6 Å². The second-order valence-corrected chi connectivity index (χ2v) is 6.44. The average Bonchev–Trinajstić information content (AvgIpc) is 2.85. The predicted octanol–water partition coefficient (Wildman–Crippen LogP) is 4.30. The maximum Gasteiger partial charge on any atom is 0.317 e. The number of halogens is 1. The van der Waals surface area contributed by atoms with Crippen LogP contribution >= 0.6 is 22.9 Å². The molecule has 0 saturated carbocycles. The van der Waals surface area contributed by atoms with Gasteiger partial charge in [-0.1, -0.05) is 41.9 Å². The number of hydrogen-bond acceptors (Lipinski definition) is 2. The van der Waals surface area contributed by atoms with Gasteiger partial charge in [0.25, 0.3) is 0 Å². The number of amides is 2. The molecule has 1 N–H and O–H groups in total. The molecule has 0 aliphatic rings. The molecular formula is C15H17ClN2OS. The number of carbonyl (C=O) groups is 1. The zero-order chi connectivity index (χ0) is 14.5. The molecule has 0 saturated heterocycles. The maximum absolute atomic E-state index is 12.1. The molecule has 1 atom stereocenters. The Balaban J connectivity index is 1.91. The summed E-state index contributed by atoms with van der Waals surface area (Å²) < 4.78 is 0.742. The Morgan fingerprint density at radius 3 is 2.60 bits per heavy atom. The van der Waals surface area contributed by atoms with Gasteiger partial charge in [-0.2, -0.15) is 0 Å². The van der Waals surface area contributed by atoms with Gasteiger partial charge in [-0.25, -0.2) is 4.79 Å². The number of benzene rings is 1. The minimum atomic E-state index is -0.0918. The van der Waals surface area contributed by atoms with Crippen molar-refractivity contribution in [3.05, 3.63) is 57.2 Å². The summed E-state index contributed by atoms with van der Waals surface area (Å²) in [5.41, 5.74) is 1.09. The van der Waals surface area contributed by atoms with E-state index >= 15 is 0 Å². The standard InChI is InChI=1S/C15H17ClN2OS/c1-11(12-6-4-3-5-7-12)17-15(19)18(2)10-13-8-9-14(16)20-13/h3-9,11H,10H2,1-2H3,(H,17,19). The van der Waals surface area contributed by atoms with Crippen molar-refractivity contribution in [2.45, 2.75) is 19.5 Å². The number of nitrogens with zero attached hydrogens (tertiary/aromatic N) is 1. The largest absolute Gasteiger partial charge is 0.331 e. The van der Waals surface area contributed by atoms with Crippen LogP contribution in [0, 0.1) is 0 Å². The smallest absolute Gasteiger partial charge is 0.317 e. The fourth-order valence-corrected chi connectivity index (χ4v) is 3.00. The van der Waals surface area contributed by atoms with Gasteiger partial charge in [-0.15, -0.1) is 11.3 Å². The molecular weight excluding hydrogens is 292 g/mol. The molecule has 0 spiro atoms. The average molecular weight is 309 g/mol. The molecule has 2 amide bonds. The zero-order valence-corrected chi connectivity index (χ0v) is 13.0. The molecule has 1 unspecified atom stereocenters. The topological polar surface area (TPSA) is 32.3 Å². The molecule has 5 heteroatoms. The molecule has 1 heterocycles. The van der Waals surface area contributed by atoms with E-state index in [1.165, 1.54) is 11.3 Å². The van der Waals surface area contributed by atoms with Crippen molar-refractivity contribution in [2.75, 3.05) is 7.05 Å². The summed E-state index contributed by atoms with van der Waals surface area (Å²) in [6.45, 7) is 2.54. The van der Waals surface area contributed by atoms with E-state index in [1.54, 1.807) is 11.9 Å². The molecule has 20 heavy (non-hydrogen) atoms. The van der Waals surface area contributed by atoms with E-state index in [-0.39, 0.29) is 12.1 Å². The van der Waals surface area contributed by atoms with E-state index < -0.39 is 0 Å². The molecule has 0 fully saturated rings. The molecule has 1 aromatic heterocycles. The van der Waals surface area contributed by atoms with Crippen LogP contribution in [0.15, 0.2) is 42.5 Å². The minimum absolute atomic E-state index is 0.0157. The van der Waals surface area contributed by atoms with E-state index in [0.717, 1.165) is 14.8 Å². The Bertz CT molecular complexity index is 570. The van der Waals surface area contributed by atoms with E-state index in [2.05, 4.69) is 5.32 Å². The lowest BCUT2D eigenvalue weighted by Crippen LogP contribution is -2.38. The molecule has 2 aromatic rings. The summed E-state index contributed by atoms with van der Waals surface area (Å²) in [5.74, 6) is 0. The van der Waals surface area contributed by atoms with Gasteiger partial charge in [0.2, 0.25) is 0 Å². The summed E-state index contributed by atoms with van der Waals surface area (Å²) in [7, 11) is 1.78. The summed E-state index contributed by atoms with van der Waals surface area (Å²) in [5, 5.41) is 2.98. The first-order valence-corrected chi connectivity index (χ1v) is 7.56. The third-order valence-electron chi connectivity index (χ3n) is 3.01. The number of rotatable bonds is 4. The Kier molecular flexibility index (Phi) is 5.04. The summed E-state index contributed by atoms with van der Waals surface area (Å²) in [6.07, 6.45) is 0. The van der Waals surface area contributed by atoms with Crippen LogP contribution in [0.25, 0.3) is 0 Å². The summed E-state index contributed by atoms with van der Waals surface area (Å²) >= 11 is 7.38. The van der Waals surface area contributed by atoms with Crippen LogP contribution < -0.4 is 5.32 Å². The van der Waals surface area contributed by atoms with E-state index in [1.807, 2.05) is 49.4 Å². The Morgan fingerprint density at radius 1 is 1.30 bits per heavy atom. The molecule has 0 radical (unpaired) electrons. The van der Waals surface area contributed by atoms with Crippen molar-refractivity contribution in [3.8, 4) is 0 Å².